The zero-order valence-electron chi connectivity index (χ0n) is 12.9. The molecule has 0 spiro atoms. The number of hydrogen-bond donors (Lipinski definition) is 1. The summed E-state index contributed by atoms with van der Waals surface area (Å²) in [6.07, 6.45) is 5.91. The quantitative estimate of drug-likeness (QED) is 0.717. The summed E-state index contributed by atoms with van der Waals surface area (Å²) in [5.74, 6) is 3.31. The third-order valence-corrected chi connectivity index (χ3v) is 5.15. The van der Waals surface area contributed by atoms with E-state index in [1.807, 2.05) is 11.8 Å². The van der Waals surface area contributed by atoms with E-state index < -0.39 is 0 Å². The first-order chi connectivity index (χ1) is 9.72. The summed E-state index contributed by atoms with van der Waals surface area (Å²) >= 11 is 1.89. The first-order valence-electron chi connectivity index (χ1n) is 7.89. The van der Waals surface area contributed by atoms with Crippen molar-refractivity contribution in [1.29, 1.82) is 0 Å². The van der Waals surface area contributed by atoms with Gasteiger partial charge in [-0.3, -0.25) is 0 Å². The molecule has 114 valence electrons. The Morgan fingerprint density at radius 1 is 1.40 bits per heavy atom. The van der Waals surface area contributed by atoms with E-state index in [0.29, 0.717) is 11.3 Å². The highest BCUT2D eigenvalue weighted by molar-refractivity contribution is 7.99. The first-order valence-corrected chi connectivity index (χ1v) is 8.94. The van der Waals surface area contributed by atoms with Crippen LogP contribution in [0.5, 0.6) is 0 Å². The van der Waals surface area contributed by atoms with E-state index in [1.165, 1.54) is 25.7 Å². The number of nitrogens with zero attached hydrogens (tertiary/aromatic N) is 2. The second kappa shape index (κ2) is 8.03. The van der Waals surface area contributed by atoms with Gasteiger partial charge in [0.25, 0.3) is 0 Å². The maximum Gasteiger partial charge on any atom is 0.228 e. The molecule has 1 N–H and O–H groups in total. The summed E-state index contributed by atoms with van der Waals surface area (Å²) in [5.41, 5.74) is 0. The Hall–Kier alpha value is -0.550. The lowest BCUT2D eigenvalue weighted by Gasteiger charge is -2.15. The molecule has 2 unspecified atom stereocenters. The van der Waals surface area contributed by atoms with E-state index in [9.17, 15) is 0 Å². The Morgan fingerprint density at radius 2 is 2.20 bits per heavy atom. The molecule has 1 fully saturated rings. The molecule has 1 aliphatic rings. The van der Waals surface area contributed by atoms with Crippen LogP contribution in [0.15, 0.2) is 4.52 Å². The summed E-state index contributed by atoms with van der Waals surface area (Å²) in [5, 5.41) is 8.37. The van der Waals surface area contributed by atoms with Crippen molar-refractivity contribution in [3.05, 3.63) is 11.7 Å². The van der Waals surface area contributed by atoms with Crippen molar-refractivity contribution in [3.63, 3.8) is 0 Å². The lowest BCUT2D eigenvalue weighted by molar-refractivity contribution is 0.343. The van der Waals surface area contributed by atoms with E-state index in [-0.39, 0.29) is 0 Å². The summed E-state index contributed by atoms with van der Waals surface area (Å²) in [7, 11) is 0. The molecule has 5 heteroatoms. The third kappa shape index (κ3) is 5.09. The van der Waals surface area contributed by atoms with Crippen LogP contribution in [0.25, 0.3) is 0 Å². The molecule has 0 aromatic carbocycles. The highest BCUT2D eigenvalue weighted by Gasteiger charge is 2.32. The summed E-state index contributed by atoms with van der Waals surface area (Å²) in [4.78, 5) is 4.54. The van der Waals surface area contributed by atoms with Crippen LogP contribution in [0.2, 0.25) is 0 Å². The molecule has 2 atom stereocenters. The Labute approximate surface area is 126 Å². The van der Waals surface area contributed by atoms with Crippen LogP contribution in [0.1, 0.15) is 58.2 Å². The first kappa shape index (κ1) is 15.8. The molecular weight excluding hydrogens is 270 g/mol. The largest absolute Gasteiger partial charge is 0.339 e. The van der Waals surface area contributed by atoms with Gasteiger partial charge >= 0.3 is 0 Å². The molecule has 1 saturated carbocycles. The summed E-state index contributed by atoms with van der Waals surface area (Å²) in [6.45, 7) is 7.72. The molecule has 0 saturated heterocycles. The van der Waals surface area contributed by atoms with Crippen molar-refractivity contribution < 1.29 is 4.52 Å². The fraction of sp³-hybridized carbons (Fsp3) is 0.867. The molecule has 20 heavy (non-hydrogen) atoms. The molecule has 1 aromatic heterocycles. The van der Waals surface area contributed by atoms with Gasteiger partial charge in [-0.2, -0.15) is 16.7 Å². The molecule has 0 aliphatic heterocycles. The van der Waals surface area contributed by atoms with Crippen molar-refractivity contribution >= 4 is 11.8 Å². The van der Waals surface area contributed by atoms with Gasteiger partial charge in [-0.25, -0.2) is 0 Å². The predicted octanol–water partition coefficient (Wildman–Crippen LogP) is 3.42. The number of rotatable bonds is 10. The fourth-order valence-corrected chi connectivity index (χ4v) is 2.97. The van der Waals surface area contributed by atoms with Crippen LogP contribution in [-0.2, 0) is 12.2 Å². The molecule has 0 amide bonds. The van der Waals surface area contributed by atoms with Crippen LogP contribution in [-0.4, -0.2) is 28.0 Å². The maximum atomic E-state index is 5.40. The van der Waals surface area contributed by atoms with Gasteiger partial charge < -0.3 is 9.84 Å². The fourth-order valence-electron chi connectivity index (χ4n) is 2.19. The number of nitrogens with one attached hydrogen (secondary N) is 1. The minimum absolute atomic E-state index is 0.519. The van der Waals surface area contributed by atoms with Crippen molar-refractivity contribution in [2.24, 2.45) is 5.92 Å². The van der Waals surface area contributed by atoms with Crippen molar-refractivity contribution in [2.45, 2.75) is 69.9 Å². The zero-order valence-corrected chi connectivity index (χ0v) is 13.7. The summed E-state index contributed by atoms with van der Waals surface area (Å²) < 4.78 is 5.40. The minimum atomic E-state index is 0.519. The Morgan fingerprint density at radius 3 is 2.85 bits per heavy atom. The highest BCUT2D eigenvalue weighted by atomic mass is 32.2. The van der Waals surface area contributed by atoms with Crippen molar-refractivity contribution in [2.75, 3.05) is 6.54 Å². The second-order valence-corrected chi connectivity index (χ2v) is 7.16. The van der Waals surface area contributed by atoms with Crippen LogP contribution >= 0.6 is 11.8 Å². The Bertz CT molecular complexity index is 392. The zero-order chi connectivity index (χ0) is 14.4. The average Bonchev–Trinajstić information content (AvgIpc) is 3.21. The number of aromatic nitrogens is 2. The van der Waals surface area contributed by atoms with E-state index in [2.05, 4.69) is 36.2 Å². The molecule has 1 heterocycles. The molecule has 1 aromatic rings. The highest BCUT2D eigenvalue weighted by Crippen LogP contribution is 2.34. The monoisotopic (exact) mass is 297 g/mol. The number of thioether (sulfide) groups is 1. The summed E-state index contributed by atoms with van der Waals surface area (Å²) in [6, 6.07) is 0.519. The van der Waals surface area contributed by atoms with Crippen LogP contribution in [0.3, 0.4) is 0 Å². The lowest BCUT2D eigenvalue weighted by Crippen LogP contribution is -2.33. The SMILES string of the molecule is CCCNC(Cc1nc(CSC(C)CC)no1)C1CC1. The van der Waals surface area contributed by atoms with Gasteiger partial charge in [0.2, 0.25) is 5.89 Å². The van der Waals surface area contributed by atoms with Gasteiger partial charge in [-0.05, 0) is 38.1 Å². The van der Waals surface area contributed by atoms with Crippen LogP contribution < -0.4 is 5.32 Å². The number of hydrogen-bond acceptors (Lipinski definition) is 5. The van der Waals surface area contributed by atoms with Gasteiger partial charge in [-0.1, -0.05) is 25.9 Å². The predicted molar refractivity (Wildman–Crippen MR) is 83.9 cm³/mol. The van der Waals surface area contributed by atoms with E-state index >= 15 is 0 Å². The molecule has 2 rings (SSSR count). The van der Waals surface area contributed by atoms with E-state index in [0.717, 1.165) is 36.4 Å². The van der Waals surface area contributed by atoms with Gasteiger partial charge in [0.05, 0.1) is 5.75 Å². The molecule has 4 nitrogen and oxygen atoms in total. The minimum Gasteiger partial charge on any atom is -0.339 e. The van der Waals surface area contributed by atoms with Crippen molar-refractivity contribution in [3.8, 4) is 0 Å². The molecular formula is C15H27N3OS. The van der Waals surface area contributed by atoms with E-state index in [1.54, 1.807) is 0 Å². The topological polar surface area (TPSA) is 51.0 Å². The normalized spacial score (nSPS) is 18.1. The lowest BCUT2D eigenvalue weighted by atomic mass is 10.1. The van der Waals surface area contributed by atoms with Crippen LogP contribution in [0.4, 0.5) is 0 Å². The second-order valence-electron chi connectivity index (χ2n) is 5.74. The third-order valence-electron chi connectivity index (χ3n) is 3.82. The Balaban J connectivity index is 1.81. The van der Waals surface area contributed by atoms with Gasteiger partial charge in [0.1, 0.15) is 0 Å². The van der Waals surface area contributed by atoms with Gasteiger partial charge in [0.15, 0.2) is 5.82 Å². The maximum absolute atomic E-state index is 5.40. The molecule has 1 aliphatic carbocycles. The average molecular weight is 297 g/mol. The van der Waals surface area contributed by atoms with E-state index in [4.69, 9.17) is 4.52 Å². The Kier molecular flexibility index (Phi) is 6.36. The van der Waals surface area contributed by atoms with Crippen molar-refractivity contribution in [1.82, 2.24) is 15.5 Å². The molecule has 0 radical (unpaired) electrons. The van der Waals surface area contributed by atoms with Gasteiger partial charge in [-0.15, -0.1) is 0 Å². The van der Waals surface area contributed by atoms with Crippen LogP contribution in [0, 0.1) is 5.92 Å². The smallest absolute Gasteiger partial charge is 0.228 e. The molecule has 0 bridgehead atoms. The standard InChI is InChI=1S/C15H27N3OS/c1-4-8-16-13(12-6-7-12)9-15-17-14(18-19-15)10-20-11(3)5-2/h11-13,16H,4-10H2,1-3H3. The van der Waals surface area contributed by atoms with Gasteiger partial charge in [0, 0.05) is 17.7 Å².